The monoisotopic (exact) mass is 239 g/mol. The zero-order valence-corrected chi connectivity index (χ0v) is 10.1. The van der Waals surface area contributed by atoms with Gasteiger partial charge in [-0.25, -0.2) is 0 Å². The second-order valence-corrected chi connectivity index (χ2v) is 5.50. The minimum Gasteiger partial charge on any atom is -0.376 e. The number of hydrogen-bond acceptors (Lipinski definition) is 4. The Bertz CT molecular complexity index is 334. The highest BCUT2D eigenvalue weighted by atomic mass is 32.1. The van der Waals surface area contributed by atoms with Crippen LogP contribution in [-0.4, -0.2) is 19.4 Å². The molecule has 0 saturated carbocycles. The maximum atomic E-state index is 5.68. The van der Waals surface area contributed by atoms with Crippen molar-refractivity contribution in [3.63, 3.8) is 0 Å². The molecular formula is C12H17NO2S. The summed E-state index contributed by atoms with van der Waals surface area (Å²) in [5.74, 6) is 0. The molecule has 16 heavy (non-hydrogen) atoms. The van der Waals surface area contributed by atoms with E-state index in [0.29, 0.717) is 0 Å². The molecular weight excluding hydrogens is 222 g/mol. The van der Waals surface area contributed by atoms with Crippen molar-refractivity contribution in [1.82, 2.24) is 0 Å². The van der Waals surface area contributed by atoms with Crippen molar-refractivity contribution in [3.8, 4) is 0 Å². The minimum absolute atomic E-state index is 0.217. The molecule has 0 bridgehead atoms. The Morgan fingerprint density at radius 3 is 3.12 bits per heavy atom. The van der Waals surface area contributed by atoms with Gasteiger partial charge in [-0.05, 0) is 37.3 Å². The Morgan fingerprint density at radius 2 is 2.31 bits per heavy atom. The van der Waals surface area contributed by atoms with Crippen LogP contribution >= 0.6 is 11.3 Å². The Morgan fingerprint density at radius 1 is 1.31 bits per heavy atom. The van der Waals surface area contributed by atoms with Gasteiger partial charge in [0, 0.05) is 11.5 Å². The first-order valence-corrected chi connectivity index (χ1v) is 6.81. The predicted molar refractivity (Wildman–Crippen MR) is 64.9 cm³/mol. The number of nitrogens with one attached hydrogen (secondary N) is 1. The fourth-order valence-corrected chi connectivity index (χ4v) is 3.32. The van der Waals surface area contributed by atoms with Crippen LogP contribution in [0, 0.1) is 0 Å². The van der Waals surface area contributed by atoms with Gasteiger partial charge < -0.3 is 14.8 Å². The molecule has 1 atom stereocenters. The van der Waals surface area contributed by atoms with E-state index in [0.717, 1.165) is 32.7 Å². The molecule has 1 aromatic heterocycles. The maximum Gasteiger partial charge on any atom is 0.128 e. The van der Waals surface area contributed by atoms with Crippen LogP contribution in [0.2, 0.25) is 0 Å². The Labute approximate surface area is 99.8 Å². The molecule has 0 amide bonds. The van der Waals surface area contributed by atoms with E-state index < -0.39 is 0 Å². The van der Waals surface area contributed by atoms with Gasteiger partial charge >= 0.3 is 0 Å². The molecule has 3 heterocycles. The van der Waals surface area contributed by atoms with Crippen LogP contribution in [0.5, 0.6) is 0 Å². The summed E-state index contributed by atoms with van der Waals surface area (Å²) in [7, 11) is 0. The predicted octanol–water partition coefficient (Wildman–Crippen LogP) is 2.76. The molecule has 1 fully saturated rings. The second kappa shape index (κ2) is 4.73. The van der Waals surface area contributed by atoms with Crippen molar-refractivity contribution in [3.05, 3.63) is 16.5 Å². The average molecular weight is 239 g/mol. The van der Waals surface area contributed by atoms with E-state index >= 15 is 0 Å². The van der Waals surface area contributed by atoms with E-state index in [1.54, 1.807) is 0 Å². The van der Waals surface area contributed by atoms with Crippen LogP contribution in [0.1, 0.15) is 29.7 Å². The summed E-state index contributed by atoms with van der Waals surface area (Å²) in [5.41, 5.74) is 1.45. The summed E-state index contributed by atoms with van der Waals surface area (Å²) in [4.78, 5) is 1.38. The van der Waals surface area contributed by atoms with Gasteiger partial charge in [0.2, 0.25) is 0 Å². The molecule has 1 N–H and O–H groups in total. The number of fused-ring (bicyclic) bond motifs is 1. The number of hydrogen-bond donors (Lipinski definition) is 1. The molecule has 0 aliphatic carbocycles. The van der Waals surface area contributed by atoms with Gasteiger partial charge in [0.1, 0.15) is 6.23 Å². The molecule has 1 unspecified atom stereocenters. The van der Waals surface area contributed by atoms with E-state index in [1.165, 1.54) is 28.3 Å². The van der Waals surface area contributed by atoms with E-state index in [4.69, 9.17) is 9.47 Å². The number of thiophene rings is 1. The minimum atomic E-state index is 0.217. The van der Waals surface area contributed by atoms with E-state index in [9.17, 15) is 0 Å². The molecule has 1 aromatic rings. The molecule has 0 spiro atoms. The quantitative estimate of drug-likeness (QED) is 0.861. The topological polar surface area (TPSA) is 30.5 Å². The summed E-state index contributed by atoms with van der Waals surface area (Å²) in [6, 6.07) is 2.26. The van der Waals surface area contributed by atoms with Gasteiger partial charge in [0.05, 0.1) is 18.2 Å². The highest BCUT2D eigenvalue weighted by Crippen LogP contribution is 2.31. The molecule has 3 rings (SSSR count). The first-order chi connectivity index (χ1) is 7.92. The molecule has 4 heteroatoms. The van der Waals surface area contributed by atoms with E-state index in [2.05, 4.69) is 11.4 Å². The zero-order valence-electron chi connectivity index (χ0n) is 9.33. The van der Waals surface area contributed by atoms with Gasteiger partial charge in [0.25, 0.3) is 0 Å². The lowest BCUT2D eigenvalue weighted by Crippen LogP contribution is -2.26. The highest BCUT2D eigenvalue weighted by molar-refractivity contribution is 7.16. The third kappa shape index (κ3) is 2.24. The Kier molecular flexibility index (Phi) is 3.13. The number of anilines is 1. The smallest absolute Gasteiger partial charge is 0.128 e. The summed E-state index contributed by atoms with van der Waals surface area (Å²) >= 11 is 1.81. The molecule has 2 aliphatic heterocycles. The summed E-state index contributed by atoms with van der Waals surface area (Å²) < 4.78 is 11.1. The average Bonchev–Trinajstić information content (AvgIpc) is 2.72. The van der Waals surface area contributed by atoms with Crippen molar-refractivity contribution in [2.45, 2.75) is 38.5 Å². The summed E-state index contributed by atoms with van der Waals surface area (Å²) in [6.07, 6.45) is 4.87. The molecule has 3 nitrogen and oxygen atoms in total. The molecule has 88 valence electrons. The molecule has 0 aromatic carbocycles. The van der Waals surface area contributed by atoms with Gasteiger partial charge in [-0.3, -0.25) is 0 Å². The largest absolute Gasteiger partial charge is 0.376 e. The molecule has 0 radical (unpaired) electrons. The summed E-state index contributed by atoms with van der Waals surface area (Å²) in [6.45, 7) is 2.54. The van der Waals surface area contributed by atoms with Crippen LogP contribution in [0.15, 0.2) is 6.07 Å². The van der Waals surface area contributed by atoms with Gasteiger partial charge in [-0.1, -0.05) is 0 Å². The summed E-state index contributed by atoms with van der Waals surface area (Å²) in [5, 5.41) is 4.72. The van der Waals surface area contributed by atoms with Crippen LogP contribution in [0.4, 0.5) is 5.00 Å². The van der Waals surface area contributed by atoms with Crippen molar-refractivity contribution < 1.29 is 9.47 Å². The van der Waals surface area contributed by atoms with Crippen molar-refractivity contribution in [1.29, 1.82) is 0 Å². The lowest BCUT2D eigenvalue weighted by atomic mass is 10.1. The van der Waals surface area contributed by atoms with Crippen LogP contribution < -0.4 is 5.32 Å². The van der Waals surface area contributed by atoms with Crippen molar-refractivity contribution in [2.75, 3.05) is 18.5 Å². The van der Waals surface area contributed by atoms with Gasteiger partial charge in [0.15, 0.2) is 0 Å². The third-order valence-corrected chi connectivity index (χ3v) is 4.21. The molecule has 2 aliphatic rings. The second-order valence-electron chi connectivity index (χ2n) is 4.36. The highest BCUT2D eigenvalue weighted by Gasteiger charge is 2.17. The zero-order chi connectivity index (χ0) is 10.8. The first kappa shape index (κ1) is 10.6. The fraction of sp³-hybridized carbons (Fsp3) is 0.667. The lowest BCUT2D eigenvalue weighted by Gasteiger charge is -2.23. The van der Waals surface area contributed by atoms with Crippen LogP contribution in [0.25, 0.3) is 0 Å². The first-order valence-electron chi connectivity index (χ1n) is 5.99. The number of rotatable bonds is 2. The van der Waals surface area contributed by atoms with Crippen LogP contribution in [-0.2, 0) is 22.5 Å². The standard InChI is InChI=1S/C12H17NO2S/c1-2-5-15-11(3-1)13-12-7-9-4-6-14-8-10(9)16-12/h7,11,13H,1-6,8H2. The normalized spacial score (nSPS) is 25.1. The van der Waals surface area contributed by atoms with E-state index in [-0.39, 0.29) is 6.23 Å². The SMILES string of the molecule is c1c(NC2CCCCO2)sc2c1CCOC2. The van der Waals surface area contributed by atoms with Crippen molar-refractivity contribution in [2.24, 2.45) is 0 Å². The van der Waals surface area contributed by atoms with Crippen LogP contribution in [0.3, 0.4) is 0 Å². The molecule has 1 saturated heterocycles. The Balaban J connectivity index is 1.67. The van der Waals surface area contributed by atoms with Gasteiger partial charge in [-0.2, -0.15) is 0 Å². The fourth-order valence-electron chi connectivity index (χ4n) is 2.23. The lowest BCUT2D eigenvalue weighted by molar-refractivity contribution is 0.0345. The van der Waals surface area contributed by atoms with Crippen molar-refractivity contribution >= 4 is 16.3 Å². The van der Waals surface area contributed by atoms with E-state index in [1.807, 2.05) is 11.3 Å². The third-order valence-electron chi connectivity index (χ3n) is 3.13. The number of ether oxygens (including phenoxy) is 2. The Hall–Kier alpha value is -0.580. The maximum absolute atomic E-state index is 5.68. The van der Waals surface area contributed by atoms with Gasteiger partial charge in [-0.15, -0.1) is 11.3 Å².